The van der Waals surface area contributed by atoms with Gasteiger partial charge in [0.05, 0.1) is 11.9 Å². The van der Waals surface area contributed by atoms with E-state index in [4.69, 9.17) is 4.74 Å². The van der Waals surface area contributed by atoms with Crippen molar-refractivity contribution < 1.29 is 13.9 Å². The van der Waals surface area contributed by atoms with Crippen LogP contribution < -0.4 is 10.1 Å². The van der Waals surface area contributed by atoms with Crippen molar-refractivity contribution in [3.8, 4) is 5.75 Å². The van der Waals surface area contributed by atoms with Crippen LogP contribution in [-0.4, -0.2) is 17.0 Å². The number of benzene rings is 1. The SMILES string of the molecule is CC[C@H](Oc1ccc(F)cc1)C(=O)Nc1cccnc1. The van der Waals surface area contributed by atoms with Gasteiger partial charge in [-0.15, -0.1) is 0 Å². The molecule has 0 bridgehead atoms. The molecule has 20 heavy (non-hydrogen) atoms. The van der Waals surface area contributed by atoms with E-state index in [1.807, 2.05) is 6.92 Å². The van der Waals surface area contributed by atoms with Crippen LogP contribution in [0.15, 0.2) is 48.8 Å². The van der Waals surface area contributed by atoms with Gasteiger partial charge in [0, 0.05) is 6.20 Å². The molecule has 0 aliphatic heterocycles. The molecule has 0 aliphatic carbocycles. The molecule has 1 aromatic carbocycles. The van der Waals surface area contributed by atoms with Crippen LogP contribution in [0.5, 0.6) is 5.75 Å². The third kappa shape index (κ3) is 3.78. The van der Waals surface area contributed by atoms with Gasteiger partial charge in [-0.1, -0.05) is 6.92 Å². The number of amides is 1. The average molecular weight is 274 g/mol. The smallest absolute Gasteiger partial charge is 0.265 e. The van der Waals surface area contributed by atoms with Crippen LogP contribution in [0, 0.1) is 5.82 Å². The minimum atomic E-state index is -0.638. The highest BCUT2D eigenvalue weighted by atomic mass is 19.1. The van der Waals surface area contributed by atoms with Gasteiger partial charge in [-0.25, -0.2) is 4.39 Å². The number of rotatable bonds is 5. The third-order valence-corrected chi connectivity index (χ3v) is 2.68. The van der Waals surface area contributed by atoms with E-state index in [0.29, 0.717) is 17.9 Å². The van der Waals surface area contributed by atoms with Gasteiger partial charge < -0.3 is 10.1 Å². The summed E-state index contributed by atoms with van der Waals surface area (Å²) in [5.74, 6) is -0.144. The lowest BCUT2D eigenvalue weighted by Crippen LogP contribution is -2.32. The van der Waals surface area contributed by atoms with Crippen molar-refractivity contribution in [3.63, 3.8) is 0 Å². The Morgan fingerprint density at radius 3 is 2.70 bits per heavy atom. The topological polar surface area (TPSA) is 51.2 Å². The maximum absolute atomic E-state index is 12.8. The standard InChI is InChI=1S/C15H15FN2O2/c1-2-14(20-13-7-5-11(16)6-8-13)15(19)18-12-4-3-9-17-10-12/h3-10,14H,2H2,1H3,(H,18,19)/t14-/m0/s1. The van der Waals surface area contributed by atoms with Crippen molar-refractivity contribution in [2.45, 2.75) is 19.4 Å². The maximum Gasteiger partial charge on any atom is 0.265 e. The Morgan fingerprint density at radius 2 is 2.10 bits per heavy atom. The van der Waals surface area contributed by atoms with Crippen LogP contribution in [-0.2, 0) is 4.79 Å². The second kappa shape index (κ2) is 6.65. The molecule has 0 unspecified atom stereocenters. The van der Waals surface area contributed by atoms with Crippen molar-refractivity contribution in [2.24, 2.45) is 0 Å². The van der Waals surface area contributed by atoms with Crippen molar-refractivity contribution in [3.05, 3.63) is 54.6 Å². The first-order valence-corrected chi connectivity index (χ1v) is 6.32. The number of aromatic nitrogens is 1. The van der Waals surface area contributed by atoms with Crippen LogP contribution >= 0.6 is 0 Å². The number of carbonyl (C=O) groups excluding carboxylic acids is 1. The third-order valence-electron chi connectivity index (χ3n) is 2.68. The van der Waals surface area contributed by atoms with Gasteiger partial charge in [-0.05, 0) is 42.8 Å². The van der Waals surface area contributed by atoms with Crippen molar-refractivity contribution in [1.82, 2.24) is 4.98 Å². The lowest BCUT2D eigenvalue weighted by Gasteiger charge is -2.17. The molecule has 1 heterocycles. The van der Waals surface area contributed by atoms with E-state index in [1.165, 1.54) is 24.3 Å². The molecule has 0 fully saturated rings. The first-order chi connectivity index (χ1) is 9.69. The van der Waals surface area contributed by atoms with E-state index in [1.54, 1.807) is 24.5 Å². The van der Waals surface area contributed by atoms with Gasteiger partial charge in [0.25, 0.3) is 5.91 Å². The van der Waals surface area contributed by atoms with Gasteiger partial charge in [0.15, 0.2) is 6.10 Å². The maximum atomic E-state index is 12.8. The van der Waals surface area contributed by atoms with Crippen LogP contribution in [0.25, 0.3) is 0 Å². The molecule has 1 aromatic heterocycles. The van der Waals surface area contributed by atoms with E-state index in [0.717, 1.165) is 0 Å². The lowest BCUT2D eigenvalue weighted by molar-refractivity contribution is -0.122. The summed E-state index contributed by atoms with van der Waals surface area (Å²) in [4.78, 5) is 16.0. The zero-order valence-electron chi connectivity index (χ0n) is 11.0. The summed E-state index contributed by atoms with van der Waals surface area (Å²) < 4.78 is 18.4. The molecule has 104 valence electrons. The van der Waals surface area contributed by atoms with Gasteiger partial charge in [-0.3, -0.25) is 9.78 Å². The highest BCUT2D eigenvalue weighted by molar-refractivity contribution is 5.94. The Hall–Kier alpha value is -2.43. The van der Waals surface area contributed by atoms with Crippen molar-refractivity contribution in [2.75, 3.05) is 5.32 Å². The molecule has 2 rings (SSSR count). The molecule has 5 heteroatoms. The zero-order chi connectivity index (χ0) is 14.4. The number of hydrogen-bond acceptors (Lipinski definition) is 3. The Balaban J connectivity index is 2.00. The van der Waals surface area contributed by atoms with Crippen molar-refractivity contribution >= 4 is 11.6 Å². The highest BCUT2D eigenvalue weighted by Gasteiger charge is 2.18. The largest absolute Gasteiger partial charge is 0.481 e. The molecule has 0 saturated heterocycles. The van der Waals surface area contributed by atoms with Crippen LogP contribution in [0.4, 0.5) is 10.1 Å². The second-order valence-electron chi connectivity index (χ2n) is 4.20. The molecule has 4 nitrogen and oxygen atoms in total. The van der Waals surface area contributed by atoms with E-state index < -0.39 is 6.10 Å². The summed E-state index contributed by atoms with van der Waals surface area (Å²) in [6.45, 7) is 1.84. The minimum Gasteiger partial charge on any atom is -0.481 e. The fourth-order valence-electron chi connectivity index (χ4n) is 1.66. The Labute approximate surface area is 116 Å². The second-order valence-corrected chi connectivity index (χ2v) is 4.20. The molecule has 0 spiro atoms. The van der Waals surface area contributed by atoms with E-state index in [-0.39, 0.29) is 11.7 Å². The highest BCUT2D eigenvalue weighted by Crippen LogP contribution is 2.15. The number of halogens is 1. The van der Waals surface area contributed by atoms with Crippen LogP contribution in [0.1, 0.15) is 13.3 Å². The number of hydrogen-bond donors (Lipinski definition) is 1. The molecule has 1 N–H and O–H groups in total. The molecule has 0 saturated carbocycles. The minimum absolute atomic E-state index is 0.259. The molecule has 0 radical (unpaired) electrons. The molecule has 2 aromatic rings. The summed E-state index contributed by atoms with van der Waals surface area (Å²) in [5.41, 5.74) is 0.610. The Morgan fingerprint density at radius 1 is 1.35 bits per heavy atom. The van der Waals surface area contributed by atoms with E-state index in [9.17, 15) is 9.18 Å². The fourth-order valence-corrected chi connectivity index (χ4v) is 1.66. The van der Waals surface area contributed by atoms with Gasteiger partial charge in [0.1, 0.15) is 11.6 Å². The number of ether oxygens (including phenoxy) is 1. The summed E-state index contributed by atoms with van der Waals surface area (Å²) >= 11 is 0. The monoisotopic (exact) mass is 274 g/mol. The van der Waals surface area contributed by atoms with Gasteiger partial charge >= 0.3 is 0 Å². The first-order valence-electron chi connectivity index (χ1n) is 6.32. The number of pyridine rings is 1. The molecule has 0 aliphatic rings. The summed E-state index contributed by atoms with van der Waals surface area (Å²) in [6, 6.07) is 9.06. The van der Waals surface area contributed by atoms with Gasteiger partial charge in [0.2, 0.25) is 0 Å². The molecular formula is C15H15FN2O2. The summed E-state index contributed by atoms with van der Waals surface area (Å²) in [5, 5.41) is 2.72. The van der Waals surface area contributed by atoms with Gasteiger partial charge in [-0.2, -0.15) is 0 Å². The summed E-state index contributed by atoms with van der Waals surface area (Å²) in [7, 11) is 0. The lowest BCUT2D eigenvalue weighted by atomic mass is 10.2. The Bertz CT molecular complexity index is 558. The Kier molecular flexibility index (Phi) is 4.65. The zero-order valence-corrected chi connectivity index (χ0v) is 11.0. The first kappa shape index (κ1) is 14.0. The predicted molar refractivity (Wildman–Crippen MR) is 74.0 cm³/mol. The van der Waals surface area contributed by atoms with Crippen LogP contribution in [0.3, 0.4) is 0 Å². The van der Waals surface area contributed by atoms with Crippen molar-refractivity contribution in [1.29, 1.82) is 0 Å². The van der Waals surface area contributed by atoms with Crippen LogP contribution in [0.2, 0.25) is 0 Å². The van der Waals surface area contributed by atoms with E-state index in [2.05, 4.69) is 10.3 Å². The summed E-state index contributed by atoms with van der Waals surface area (Å²) in [6.07, 6.45) is 3.05. The number of carbonyl (C=O) groups is 1. The number of nitrogens with zero attached hydrogens (tertiary/aromatic N) is 1. The normalized spacial score (nSPS) is 11.7. The fraction of sp³-hybridized carbons (Fsp3) is 0.200. The van der Waals surface area contributed by atoms with E-state index >= 15 is 0 Å². The molecule has 1 atom stereocenters. The molecule has 1 amide bonds. The quantitative estimate of drug-likeness (QED) is 0.911. The molecular weight excluding hydrogens is 259 g/mol. The average Bonchev–Trinajstić information content (AvgIpc) is 2.47. The number of anilines is 1. The number of nitrogens with one attached hydrogen (secondary N) is 1. The predicted octanol–water partition coefficient (Wildman–Crippen LogP) is 3.02.